The van der Waals surface area contributed by atoms with Crippen LogP contribution in [0.2, 0.25) is 0 Å². The van der Waals surface area contributed by atoms with Gasteiger partial charge in [-0.3, -0.25) is 9.58 Å². The second-order valence-corrected chi connectivity index (χ2v) is 7.56. The third kappa shape index (κ3) is 3.87. The molecule has 148 valence electrons. The van der Waals surface area contributed by atoms with Crippen LogP contribution in [0.4, 0.5) is 0 Å². The molecule has 7 nitrogen and oxygen atoms in total. The van der Waals surface area contributed by atoms with Gasteiger partial charge in [-0.05, 0) is 50.1 Å². The molecule has 4 rings (SSSR count). The standard InChI is InChI=1S/C21H27N5O2/c1-15-9-16(2)26(22-15)18-6-3-5-17(10-18)12-24-7-4-8-25-19(13-24)11-20(23-25)21(28)14-27/h3,5-6,9-11,21,27-28H,4,7-8,12-14H2,1-2H3/t21-/m1/s1. The molecule has 3 heterocycles. The number of hydrogen-bond acceptors (Lipinski definition) is 5. The number of benzene rings is 1. The first-order valence-corrected chi connectivity index (χ1v) is 9.74. The van der Waals surface area contributed by atoms with Gasteiger partial charge in [0.15, 0.2) is 0 Å². The van der Waals surface area contributed by atoms with E-state index in [1.165, 1.54) is 5.56 Å². The predicted molar refractivity (Wildman–Crippen MR) is 106 cm³/mol. The molecule has 3 aromatic rings. The Hall–Kier alpha value is -2.48. The average Bonchev–Trinajstić information content (AvgIpc) is 3.18. The van der Waals surface area contributed by atoms with Crippen molar-refractivity contribution in [2.75, 3.05) is 13.2 Å². The Bertz CT molecular complexity index is 962. The Labute approximate surface area is 164 Å². The minimum Gasteiger partial charge on any atom is -0.393 e. The molecule has 0 saturated heterocycles. The molecule has 1 aromatic carbocycles. The number of hydrogen-bond donors (Lipinski definition) is 2. The van der Waals surface area contributed by atoms with Gasteiger partial charge in [-0.15, -0.1) is 0 Å². The van der Waals surface area contributed by atoms with Crippen molar-refractivity contribution in [3.63, 3.8) is 0 Å². The van der Waals surface area contributed by atoms with Gasteiger partial charge >= 0.3 is 0 Å². The van der Waals surface area contributed by atoms with Crippen LogP contribution in [0.5, 0.6) is 0 Å². The van der Waals surface area contributed by atoms with E-state index in [4.69, 9.17) is 0 Å². The van der Waals surface area contributed by atoms with Gasteiger partial charge in [-0.2, -0.15) is 10.2 Å². The van der Waals surface area contributed by atoms with Crippen molar-refractivity contribution in [2.24, 2.45) is 0 Å². The van der Waals surface area contributed by atoms with E-state index in [0.717, 1.165) is 55.4 Å². The highest BCUT2D eigenvalue weighted by atomic mass is 16.3. The summed E-state index contributed by atoms with van der Waals surface area (Å²) in [7, 11) is 0. The molecule has 0 aliphatic carbocycles. The molecule has 1 aliphatic heterocycles. The number of aromatic nitrogens is 4. The maximum Gasteiger partial charge on any atom is 0.121 e. The third-order valence-electron chi connectivity index (χ3n) is 5.20. The van der Waals surface area contributed by atoms with Crippen LogP contribution in [0.3, 0.4) is 0 Å². The summed E-state index contributed by atoms with van der Waals surface area (Å²) in [6.45, 7) is 7.21. The normalized spacial score (nSPS) is 16.0. The fourth-order valence-corrected chi connectivity index (χ4v) is 3.88. The lowest BCUT2D eigenvalue weighted by Crippen LogP contribution is -2.22. The smallest absolute Gasteiger partial charge is 0.121 e. The summed E-state index contributed by atoms with van der Waals surface area (Å²) in [5.41, 5.74) is 6.10. The molecular weight excluding hydrogens is 354 g/mol. The van der Waals surface area contributed by atoms with E-state index >= 15 is 0 Å². The maximum absolute atomic E-state index is 9.87. The average molecular weight is 381 g/mol. The van der Waals surface area contributed by atoms with Crippen molar-refractivity contribution in [2.45, 2.75) is 46.0 Å². The molecule has 2 N–H and O–H groups in total. The van der Waals surface area contributed by atoms with Gasteiger partial charge < -0.3 is 10.2 Å². The molecule has 1 aliphatic rings. The summed E-state index contributed by atoms with van der Waals surface area (Å²) in [6.07, 6.45) is 0.0888. The molecule has 0 unspecified atom stereocenters. The minimum atomic E-state index is -0.912. The summed E-state index contributed by atoms with van der Waals surface area (Å²) < 4.78 is 3.94. The van der Waals surface area contributed by atoms with Gasteiger partial charge in [-0.25, -0.2) is 4.68 Å². The van der Waals surface area contributed by atoms with Gasteiger partial charge in [0.25, 0.3) is 0 Å². The SMILES string of the molecule is Cc1cc(C)n(-c2cccc(CN3CCCn4nc([C@H](O)CO)cc4C3)c2)n1. The molecule has 0 saturated carbocycles. The fourth-order valence-electron chi connectivity index (χ4n) is 3.88. The van der Waals surface area contributed by atoms with Gasteiger partial charge in [0, 0.05) is 31.9 Å². The van der Waals surface area contributed by atoms with E-state index in [1.807, 2.05) is 22.4 Å². The fraction of sp³-hybridized carbons (Fsp3) is 0.429. The van der Waals surface area contributed by atoms with Crippen molar-refractivity contribution < 1.29 is 10.2 Å². The summed E-state index contributed by atoms with van der Waals surface area (Å²) in [4.78, 5) is 2.40. The summed E-state index contributed by atoms with van der Waals surface area (Å²) in [5.74, 6) is 0. The Morgan fingerprint density at radius 2 is 1.96 bits per heavy atom. The molecule has 0 spiro atoms. The van der Waals surface area contributed by atoms with Gasteiger partial charge in [0.1, 0.15) is 6.10 Å². The quantitative estimate of drug-likeness (QED) is 0.708. The number of fused-ring (bicyclic) bond motifs is 1. The molecule has 1 atom stereocenters. The van der Waals surface area contributed by atoms with Crippen LogP contribution in [-0.4, -0.2) is 47.8 Å². The molecule has 0 fully saturated rings. The maximum atomic E-state index is 9.87. The Balaban J connectivity index is 1.52. The Morgan fingerprint density at radius 3 is 2.71 bits per heavy atom. The summed E-state index contributed by atoms with van der Waals surface area (Å²) in [6, 6.07) is 12.5. The zero-order valence-corrected chi connectivity index (χ0v) is 16.4. The zero-order chi connectivity index (χ0) is 19.7. The second kappa shape index (κ2) is 7.87. The van der Waals surface area contributed by atoms with Crippen LogP contribution in [-0.2, 0) is 19.6 Å². The van der Waals surface area contributed by atoms with Crippen LogP contribution in [0, 0.1) is 13.8 Å². The van der Waals surface area contributed by atoms with E-state index in [1.54, 1.807) is 0 Å². The van der Waals surface area contributed by atoms with E-state index < -0.39 is 6.10 Å². The number of aryl methyl sites for hydroxylation is 3. The lowest BCUT2D eigenvalue weighted by Gasteiger charge is -2.20. The Kier molecular flexibility index (Phi) is 5.30. The van der Waals surface area contributed by atoms with E-state index in [0.29, 0.717) is 5.69 Å². The van der Waals surface area contributed by atoms with Crippen LogP contribution < -0.4 is 0 Å². The largest absolute Gasteiger partial charge is 0.393 e. The molecular formula is C21H27N5O2. The summed E-state index contributed by atoms with van der Waals surface area (Å²) >= 11 is 0. The molecule has 0 amide bonds. The van der Waals surface area contributed by atoms with Gasteiger partial charge in [0.05, 0.1) is 29.4 Å². The molecule has 0 bridgehead atoms. The first-order chi connectivity index (χ1) is 13.5. The first kappa shape index (κ1) is 18.9. The first-order valence-electron chi connectivity index (χ1n) is 9.74. The second-order valence-electron chi connectivity index (χ2n) is 7.56. The van der Waals surface area contributed by atoms with Crippen LogP contribution in [0.25, 0.3) is 5.69 Å². The molecule has 7 heteroatoms. The molecule has 28 heavy (non-hydrogen) atoms. The van der Waals surface area contributed by atoms with Crippen molar-refractivity contribution in [3.05, 3.63) is 64.7 Å². The third-order valence-corrected chi connectivity index (χ3v) is 5.20. The lowest BCUT2D eigenvalue weighted by atomic mass is 10.1. The number of aliphatic hydroxyl groups is 2. The number of rotatable bonds is 5. The van der Waals surface area contributed by atoms with Gasteiger partial charge in [-0.1, -0.05) is 12.1 Å². The monoisotopic (exact) mass is 381 g/mol. The van der Waals surface area contributed by atoms with Crippen molar-refractivity contribution in [1.82, 2.24) is 24.5 Å². The number of aliphatic hydroxyl groups excluding tert-OH is 2. The lowest BCUT2D eigenvalue weighted by molar-refractivity contribution is 0.0916. The molecule has 2 aromatic heterocycles. The predicted octanol–water partition coefficient (Wildman–Crippen LogP) is 2.12. The topological polar surface area (TPSA) is 79.3 Å². The van der Waals surface area contributed by atoms with E-state index in [2.05, 4.69) is 52.4 Å². The van der Waals surface area contributed by atoms with E-state index in [9.17, 15) is 10.2 Å². The minimum absolute atomic E-state index is 0.306. The summed E-state index contributed by atoms with van der Waals surface area (Å²) in [5, 5.41) is 28.1. The van der Waals surface area contributed by atoms with Crippen LogP contribution in [0.15, 0.2) is 36.4 Å². The highest BCUT2D eigenvalue weighted by Crippen LogP contribution is 2.20. The van der Waals surface area contributed by atoms with Gasteiger partial charge in [0.2, 0.25) is 0 Å². The Morgan fingerprint density at radius 1 is 1.11 bits per heavy atom. The van der Waals surface area contributed by atoms with Crippen molar-refractivity contribution >= 4 is 0 Å². The van der Waals surface area contributed by atoms with Crippen molar-refractivity contribution in [1.29, 1.82) is 0 Å². The van der Waals surface area contributed by atoms with Crippen LogP contribution in [0.1, 0.15) is 40.9 Å². The highest BCUT2D eigenvalue weighted by molar-refractivity contribution is 5.37. The zero-order valence-electron chi connectivity index (χ0n) is 16.4. The van der Waals surface area contributed by atoms with E-state index in [-0.39, 0.29) is 6.61 Å². The van der Waals surface area contributed by atoms with Crippen molar-refractivity contribution in [3.8, 4) is 5.69 Å². The highest BCUT2D eigenvalue weighted by Gasteiger charge is 2.19. The number of nitrogens with zero attached hydrogens (tertiary/aromatic N) is 5. The van der Waals surface area contributed by atoms with Crippen LogP contribution >= 0.6 is 0 Å². The molecule has 0 radical (unpaired) electrons.